The van der Waals surface area contributed by atoms with Crippen LogP contribution in [-0.2, 0) is 4.79 Å². The normalized spacial score (nSPS) is 21.1. The molecular weight excluding hydrogens is 308 g/mol. The highest BCUT2D eigenvalue weighted by Crippen LogP contribution is 2.28. The Labute approximate surface area is 132 Å². The zero-order chi connectivity index (χ0) is 15.4. The molecule has 0 aliphatic heterocycles. The second kappa shape index (κ2) is 7.29. The van der Waals surface area contributed by atoms with E-state index < -0.39 is 5.97 Å². The lowest BCUT2D eigenvalue weighted by Gasteiger charge is -2.42. The number of carboxylic acids is 1. The van der Waals surface area contributed by atoms with Crippen molar-refractivity contribution in [3.05, 3.63) is 16.3 Å². The molecule has 1 saturated carbocycles. The van der Waals surface area contributed by atoms with E-state index in [-0.39, 0.29) is 24.5 Å². The summed E-state index contributed by atoms with van der Waals surface area (Å²) >= 11 is 3.03. The zero-order valence-electron chi connectivity index (χ0n) is 12.2. The zero-order valence-corrected chi connectivity index (χ0v) is 13.8. The second-order valence-electron chi connectivity index (χ2n) is 5.07. The number of carboxylic acid groups (broad SMARTS) is 1. The Bertz CT molecular complexity index is 512. The van der Waals surface area contributed by atoms with Gasteiger partial charge in [0, 0.05) is 17.0 Å². The molecule has 7 heteroatoms. The van der Waals surface area contributed by atoms with Crippen LogP contribution in [0.2, 0.25) is 0 Å². The Balaban J connectivity index is 1.82. The first-order valence-corrected chi connectivity index (χ1v) is 9.03. The molecule has 0 bridgehead atoms. The minimum Gasteiger partial charge on any atom is -0.480 e. The summed E-state index contributed by atoms with van der Waals surface area (Å²) in [7, 11) is 0. The fourth-order valence-electron chi connectivity index (χ4n) is 2.55. The molecule has 0 aromatic carbocycles. The van der Waals surface area contributed by atoms with Crippen molar-refractivity contribution >= 4 is 35.0 Å². The van der Waals surface area contributed by atoms with Crippen LogP contribution < -0.4 is 5.32 Å². The maximum Gasteiger partial charge on any atom is 0.317 e. The van der Waals surface area contributed by atoms with Crippen LogP contribution in [0.25, 0.3) is 0 Å². The van der Waals surface area contributed by atoms with Gasteiger partial charge < -0.3 is 10.4 Å². The molecule has 1 heterocycles. The van der Waals surface area contributed by atoms with Gasteiger partial charge in [-0.3, -0.25) is 14.5 Å². The third-order valence-electron chi connectivity index (χ3n) is 3.76. The molecule has 0 atom stereocenters. The third-order valence-corrected chi connectivity index (χ3v) is 5.59. The molecule has 0 radical (unpaired) electrons. The van der Waals surface area contributed by atoms with E-state index in [4.69, 9.17) is 5.11 Å². The van der Waals surface area contributed by atoms with Gasteiger partial charge in [0.2, 0.25) is 0 Å². The molecule has 1 aliphatic carbocycles. The van der Waals surface area contributed by atoms with Gasteiger partial charge in [0.25, 0.3) is 5.91 Å². The van der Waals surface area contributed by atoms with Crippen molar-refractivity contribution in [2.45, 2.75) is 36.7 Å². The van der Waals surface area contributed by atoms with Crippen molar-refractivity contribution in [1.29, 1.82) is 0 Å². The minimum absolute atomic E-state index is 0.0147. The molecule has 2 N–H and O–H groups in total. The number of nitrogens with one attached hydrogen (secondary N) is 1. The summed E-state index contributed by atoms with van der Waals surface area (Å²) in [6.07, 6.45) is 3.61. The molecule has 2 rings (SSSR count). The van der Waals surface area contributed by atoms with Gasteiger partial charge in [-0.2, -0.15) is 0 Å². The van der Waals surface area contributed by atoms with Crippen LogP contribution in [0.3, 0.4) is 0 Å². The Hall–Kier alpha value is -1.05. The van der Waals surface area contributed by atoms with E-state index in [1.165, 1.54) is 11.3 Å². The summed E-state index contributed by atoms with van der Waals surface area (Å²) < 4.78 is 0. The molecule has 21 heavy (non-hydrogen) atoms. The van der Waals surface area contributed by atoms with E-state index in [0.29, 0.717) is 0 Å². The maximum atomic E-state index is 12.2. The topological polar surface area (TPSA) is 69.6 Å². The van der Waals surface area contributed by atoms with Gasteiger partial charge in [0.05, 0.1) is 6.54 Å². The summed E-state index contributed by atoms with van der Waals surface area (Å²) in [4.78, 5) is 26.7. The quantitative estimate of drug-likeness (QED) is 0.751. The van der Waals surface area contributed by atoms with Gasteiger partial charge in [-0.25, -0.2) is 0 Å². The van der Waals surface area contributed by atoms with Crippen molar-refractivity contribution in [2.75, 3.05) is 19.3 Å². The molecule has 1 aromatic rings. The van der Waals surface area contributed by atoms with E-state index >= 15 is 0 Å². The van der Waals surface area contributed by atoms with Crippen LogP contribution in [0.15, 0.2) is 16.3 Å². The molecule has 0 spiro atoms. The van der Waals surface area contributed by atoms with E-state index in [1.54, 1.807) is 11.8 Å². The number of hydrogen-bond donors (Lipinski definition) is 2. The lowest BCUT2D eigenvalue weighted by atomic mass is 9.85. The molecule has 0 unspecified atom stereocenters. The van der Waals surface area contributed by atoms with Crippen molar-refractivity contribution < 1.29 is 14.7 Å². The van der Waals surface area contributed by atoms with Gasteiger partial charge in [0.15, 0.2) is 0 Å². The lowest BCUT2D eigenvalue weighted by Crippen LogP contribution is -2.54. The SMILES string of the molecule is CCN(CC(=O)O)C1CC(NC(=O)c2sccc2SC)C1. The molecule has 1 amide bonds. The van der Waals surface area contributed by atoms with Gasteiger partial charge in [-0.1, -0.05) is 6.92 Å². The van der Waals surface area contributed by atoms with Crippen LogP contribution in [0, 0.1) is 0 Å². The van der Waals surface area contributed by atoms with Gasteiger partial charge in [0.1, 0.15) is 4.88 Å². The van der Waals surface area contributed by atoms with Crippen molar-refractivity contribution in [3.63, 3.8) is 0 Å². The maximum absolute atomic E-state index is 12.2. The largest absolute Gasteiger partial charge is 0.480 e. The Kier molecular flexibility index (Phi) is 5.66. The van der Waals surface area contributed by atoms with Crippen molar-refractivity contribution in [1.82, 2.24) is 10.2 Å². The van der Waals surface area contributed by atoms with Crippen LogP contribution in [-0.4, -0.2) is 53.3 Å². The summed E-state index contributed by atoms with van der Waals surface area (Å²) in [5, 5.41) is 13.8. The summed E-state index contributed by atoms with van der Waals surface area (Å²) in [5.41, 5.74) is 0. The number of hydrogen-bond acceptors (Lipinski definition) is 5. The lowest BCUT2D eigenvalue weighted by molar-refractivity contribution is -0.139. The number of amides is 1. The molecular formula is C14H20N2O3S2. The highest BCUT2D eigenvalue weighted by molar-refractivity contribution is 7.98. The minimum atomic E-state index is -0.799. The first-order valence-electron chi connectivity index (χ1n) is 6.93. The summed E-state index contributed by atoms with van der Waals surface area (Å²) in [6.45, 7) is 2.76. The molecule has 0 saturated heterocycles. The fraction of sp³-hybridized carbons (Fsp3) is 0.571. The number of rotatable bonds is 7. The Morgan fingerprint density at radius 1 is 1.52 bits per heavy atom. The third kappa shape index (κ3) is 3.99. The van der Waals surface area contributed by atoms with E-state index in [0.717, 1.165) is 29.2 Å². The average Bonchev–Trinajstić information content (AvgIpc) is 2.88. The van der Waals surface area contributed by atoms with Crippen molar-refractivity contribution in [3.8, 4) is 0 Å². The van der Waals surface area contributed by atoms with E-state index in [2.05, 4.69) is 5.32 Å². The number of thiophene rings is 1. The van der Waals surface area contributed by atoms with Gasteiger partial charge in [-0.05, 0) is 37.1 Å². The van der Waals surface area contributed by atoms with Crippen LogP contribution in [0.5, 0.6) is 0 Å². The standard InChI is InChI=1S/C14H20N2O3S2/c1-3-16(8-12(17)18)10-6-9(7-10)15-14(19)13-11(20-2)4-5-21-13/h4-5,9-10H,3,6-8H2,1-2H3,(H,15,19)(H,17,18). The number of carbonyl (C=O) groups excluding carboxylic acids is 1. The Morgan fingerprint density at radius 2 is 2.24 bits per heavy atom. The number of nitrogens with zero attached hydrogens (tertiary/aromatic N) is 1. The number of thioether (sulfide) groups is 1. The van der Waals surface area contributed by atoms with Gasteiger partial charge in [-0.15, -0.1) is 23.1 Å². The molecule has 5 nitrogen and oxygen atoms in total. The summed E-state index contributed by atoms with van der Waals surface area (Å²) in [5.74, 6) is -0.813. The number of aliphatic carboxylic acids is 1. The Morgan fingerprint density at radius 3 is 2.81 bits per heavy atom. The molecule has 1 fully saturated rings. The smallest absolute Gasteiger partial charge is 0.317 e. The summed E-state index contributed by atoms with van der Waals surface area (Å²) in [6, 6.07) is 2.38. The van der Waals surface area contributed by atoms with E-state index in [1.807, 2.05) is 29.5 Å². The van der Waals surface area contributed by atoms with Crippen LogP contribution in [0.1, 0.15) is 29.4 Å². The second-order valence-corrected chi connectivity index (χ2v) is 6.83. The number of carbonyl (C=O) groups is 2. The fourth-order valence-corrected chi connectivity index (χ4v) is 4.20. The average molecular weight is 328 g/mol. The number of likely N-dealkylation sites (N-methyl/N-ethyl adjacent to an activating group) is 1. The van der Waals surface area contributed by atoms with Crippen LogP contribution in [0.4, 0.5) is 0 Å². The first-order chi connectivity index (χ1) is 10.0. The predicted octanol–water partition coefficient (Wildman–Crippen LogP) is 2.14. The van der Waals surface area contributed by atoms with Gasteiger partial charge >= 0.3 is 5.97 Å². The van der Waals surface area contributed by atoms with E-state index in [9.17, 15) is 9.59 Å². The molecule has 116 valence electrons. The monoisotopic (exact) mass is 328 g/mol. The predicted molar refractivity (Wildman–Crippen MR) is 85.3 cm³/mol. The highest BCUT2D eigenvalue weighted by Gasteiger charge is 2.35. The molecule has 1 aromatic heterocycles. The first kappa shape index (κ1) is 16.3. The van der Waals surface area contributed by atoms with Crippen LogP contribution >= 0.6 is 23.1 Å². The molecule has 1 aliphatic rings. The highest BCUT2D eigenvalue weighted by atomic mass is 32.2. The van der Waals surface area contributed by atoms with Crippen molar-refractivity contribution in [2.24, 2.45) is 0 Å².